The van der Waals surface area contributed by atoms with Gasteiger partial charge in [0.1, 0.15) is 11.4 Å². The molecule has 1 unspecified atom stereocenters. The number of rotatable bonds is 3. The van der Waals surface area contributed by atoms with Crippen molar-refractivity contribution in [1.29, 1.82) is 0 Å². The van der Waals surface area contributed by atoms with Crippen LogP contribution in [0.15, 0.2) is 24.5 Å². The molecule has 1 aliphatic heterocycles. The maximum absolute atomic E-state index is 5.22. The molecule has 1 aliphatic rings. The lowest BCUT2D eigenvalue weighted by atomic mass is 10.0. The second kappa shape index (κ2) is 4.98. The van der Waals surface area contributed by atoms with Crippen molar-refractivity contribution in [1.82, 2.24) is 14.7 Å². The predicted octanol–water partition coefficient (Wildman–Crippen LogP) is 2.03. The van der Waals surface area contributed by atoms with E-state index in [1.165, 1.54) is 19.3 Å². The molecule has 0 aliphatic carbocycles. The van der Waals surface area contributed by atoms with Gasteiger partial charge in [0.15, 0.2) is 0 Å². The zero-order valence-electron chi connectivity index (χ0n) is 10.7. The Hall–Kier alpha value is -1.55. The third-order valence-electron chi connectivity index (χ3n) is 3.58. The summed E-state index contributed by atoms with van der Waals surface area (Å²) in [6, 6.07) is 4.53. The number of hydrogen-bond acceptors (Lipinski definition) is 3. The standard InChI is InChI=1S/C14H19N3O/c1-18-13-5-6-14-16-12(9-17(14)10-13)8-11-4-2-3-7-15-11/h5-6,9-11,15H,2-4,7-8H2,1H3. The van der Waals surface area contributed by atoms with Crippen LogP contribution in [0.1, 0.15) is 25.0 Å². The number of ether oxygens (including phenoxy) is 1. The van der Waals surface area contributed by atoms with Crippen molar-refractivity contribution < 1.29 is 4.74 Å². The van der Waals surface area contributed by atoms with Crippen molar-refractivity contribution in [2.24, 2.45) is 0 Å². The monoisotopic (exact) mass is 245 g/mol. The Morgan fingerprint density at radius 2 is 2.33 bits per heavy atom. The lowest BCUT2D eigenvalue weighted by Crippen LogP contribution is -2.35. The van der Waals surface area contributed by atoms with Gasteiger partial charge >= 0.3 is 0 Å². The van der Waals surface area contributed by atoms with Crippen LogP contribution in [0.5, 0.6) is 5.75 Å². The van der Waals surface area contributed by atoms with E-state index in [4.69, 9.17) is 4.74 Å². The zero-order valence-corrected chi connectivity index (χ0v) is 10.7. The van der Waals surface area contributed by atoms with Crippen LogP contribution in [0.4, 0.5) is 0 Å². The third-order valence-corrected chi connectivity index (χ3v) is 3.58. The number of nitrogens with one attached hydrogen (secondary N) is 1. The Balaban J connectivity index is 1.79. The minimum absolute atomic E-state index is 0.588. The summed E-state index contributed by atoms with van der Waals surface area (Å²) < 4.78 is 7.26. The summed E-state index contributed by atoms with van der Waals surface area (Å²) in [5.41, 5.74) is 2.14. The van der Waals surface area contributed by atoms with E-state index in [2.05, 4.69) is 16.5 Å². The second-order valence-corrected chi connectivity index (χ2v) is 4.92. The number of nitrogens with zero attached hydrogens (tertiary/aromatic N) is 2. The SMILES string of the molecule is COc1ccc2nc(CC3CCCCN3)cn2c1. The zero-order chi connectivity index (χ0) is 12.4. The number of piperidine rings is 1. The summed E-state index contributed by atoms with van der Waals surface area (Å²) in [7, 11) is 1.69. The first-order valence-electron chi connectivity index (χ1n) is 6.60. The molecule has 3 rings (SSSR count). The van der Waals surface area contributed by atoms with Crippen molar-refractivity contribution >= 4 is 5.65 Å². The quantitative estimate of drug-likeness (QED) is 0.899. The third kappa shape index (κ3) is 2.34. The van der Waals surface area contributed by atoms with Gasteiger partial charge in [0.05, 0.1) is 19.0 Å². The van der Waals surface area contributed by atoms with Gasteiger partial charge in [-0.2, -0.15) is 0 Å². The molecule has 1 N–H and O–H groups in total. The molecule has 0 saturated carbocycles. The Bertz CT molecular complexity index is 529. The van der Waals surface area contributed by atoms with Gasteiger partial charge in [-0.3, -0.25) is 0 Å². The Labute approximate surface area is 107 Å². The molecule has 2 aromatic heterocycles. The van der Waals surface area contributed by atoms with Crippen molar-refractivity contribution in [3.63, 3.8) is 0 Å². The molecular weight excluding hydrogens is 226 g/mol. The van der Waals surface area contributed by atoms with E-state index < -0.39 is 0 Å². The van der Waals surface area contributed by atoms with E-state index in [0.717, 1.165) is 30.1 Å². The maximum Gasteiger partial charge on any atom is 0.137 e. The van der Waals surface area contributed by atoms with Crippen LogP contribution >= 0.6 is 0 Å². The first-order valence-corrected chi connectivity index (χ1v) is 6.60. The van der Waals surface area contributed by atoms with E-state index >= 15 is 0 Å². The average molecular weight is 245 g/mol. The van der Waals surface area contributed by atoms with Crippen LogP contribution in [-0.4, -0.2) is 29.1 Å². The van der Waals surface area contributed by atoms with E-state index in [1.54, 1.807) is 7.11 Å². The summed E-state index contributed by atoms with van der Waals surface area (Å²) in [6.07, 6.45) is 8.99. The number of hydrogen-bond donors (Lipinski definition) is 1. The number of fused-ring (bicyclic) bond motifs is 1. The topological polar surface area (TPSA) is 38.6 Å². The molecule has 1 saturated heterocycles. The van der Waals surface area contributed by atoms with Crippen molar-refractivity contribution in [2.45, 2.75) is 31.7 Å². The molecular formula is C14H19N3O. The van der Waals surface area contributed by atoms with Crippen LogP contribution in [0, 0.1) is 0 Å². The largest absolute Gasteiger partial charge is 0.495 e. The van der Waals surface area contributed by atoms with E-state index in [9.17, 15) is 0 Å². The van der Waals surface area contributed by atoms with E-state index in [1.807, 2.05) is 22.7 Å². The molecule has 0 spiro atoms. The number of aromatic nitrogens is 2. The summed E-state index contributed by atoms with van der Waals surface area (Å²) in [5.74, 6) is 0.863. The van der Waals surface area contributed by atoms with Gasteiger partial charge in [0.2, 0.25) is 0 Å². The normalized spacial score (nSPS) is 20.2. The van der Waals surface area contributed by atoms with Gasteiger partial charge in [-0.05, 0) is 31.5 Å². The minimum atomic E-state index is 0.588. The highest BCUT2D eigenvalue weighted by Crippen LogP contribution is 2.16. The van der Waals surface area contributed by atoms with Gasteiger partial charge < -0.3 is 14.5 Å². The van der Waals surface area contributed by atoms with Crippen LogP contribution < -0.4 is 10.1 Å². The fraction of sp³-hybridized carbons (Fsp3) is 0.500. The first kappa shape index (κ1) is 11.5. The molecule has 4 heteroatoms. The van der Waals surface area contributed by atoms with Gasteiger partial charge in [0, 0.05) is 18.7 Å². The fourth-order valence-electron chi connectivity index (χ4n) is 2.59. The first-order chi connectivity index (χ1) is 8.85. The van der Waals surface area contributed by atoms with Crippen molar-refractivity contribution in [3.05, 3.63) is 30.2 Å². The van der Waals surface area contributed by atoms with Gasteiger partial charge in [-0.15, -0.1) is 0 Å². The predicted molar refractivity (Wildman–Crippen MR) is 71.1 cm³/mol. The molecule has 1 atom stereocenters. The highest BCUT2D eigenvalue weighted by Gasteiger charge is 2.14. The Morgan fingerprint density at radius 3 is 3.11 bits per heavy atom. The number of pyridine rings is 1. The molecule has 18 heavy (non-hydrogen) atoms. The molecule has 0 bridgehead atoms. The maximum atomic E-state index is 5.22. The minimum Gasteiger partial charge on any atom is -0.495 e. The van der Waals surface area contributed by atoms with E-state index in [-0.39, 0.29) is 0 Å². The summed E-state index contributed by atoms with van der Waals surface area (Å²) in [4.78, 5) is 4.65. The second-order valence-electron chi connectivity index (χ2n) is 4.92. The van der Waals surface area contributed by atoms with Crippen molar-refractivity contribution in [2.75, 3.05) is 13.7 Å². The molecule has 3 heterocycles. The molecule has 0 amide bonds. The van der Waals surface area contributed by atoms with E-state index in [0.29, 0.717) is 6.04 Å². The van der Waals surface area contributed by atoms with Gasteiger partial charge in [-0.1, -0.05) is 6.42 Å². The van der Waals surface area contributed by atoms with Gasteiger partial charge in [0.25, 0.3) is 0 Å². The smallest absolute Gasteiger partial charge is 0.137 e. The summed E-state index contributed by atoms with van der Waals surface area (Å²) >= 11 is 0. The molecule has 1 fully saturated rings. The molecule has 0 aromatic carbocycles. The van der Waals surface area contributed by atoms with Crippen LogP contribution in [-0.2, 0) is 6.42 Å². The number of imidazole rings is 1. The lowest BCUT2D eigenvalue weighted by molar-refractivity contribution is 0.397. The molecule has 2 aromatic rings. The number of methoxy groups -OCH3 is 1. The molecule has 96 valence electrons. The highest BCUT2D eigenvalue weighted by molar-refractivity contribution is 5.43. The highest BCUT2D eigenvalue weighted by atomic mass is 16.5. The van der Waals surface area contributed by atoms with Crippen molar-refractivity contribution in [3.8, 4) is 5.75 Å². The fourth-order valence-corrected chi connectivity index (χ4v) is 2.59. The Morgan fingerprint density at radius 1 is 1.39 bits per heavy atom. The summed E-state index contributed by atoms with van der Waals surface area (Å²) in [5, 5.41) is 3.56. The Kier molecular flexibility index (Phi) is 3.19. The average Bonchev–Trinajstić information content (AvgIpc) is 2.80. The van der Waals surface area contributed by atoms with Crippen LogP contribution in [0.25, 0.3) is 5.65 Å². The molecule has 0 radical (unpaired) electrons. The van der Waals surface area contributed by atoms with Gasteiger partial charge in [-0.25, -0.2) is 4.98 Å². The molecule has 4 nitrogen and oxygen atoms in total. The lowest BCUT2D eigenvalue weighted by Gasteiger charge is -2.22. The summed E-state index contributed by atoms with van der Waals surface area (Å²) in [6.45, 7) is 1.14. The van der Waals surface area contributed by atoms with Crippen LogP contribution in [0.2, 0.25) is 0 Å². The van der Waals surface area contributed by atoms with Crippen LogP contribution in [0.3, 0.4) is 0 Å².